The second kappa shape index (κ2) is 12.5. The van der Waals surface area contributed by atoms with Gasteiger partial charge >= 0.3 is 0 Å². The lowest BCUT2D eigenvalue weighted by Crippen LogP contribution is -2.49. The highest BCUT2D eigenvalue weighted by Crippen LogP contribution is 2.22. The van der Waals surface area contributed by atoms with Gasteiger partial charge in [-0.25, -0.2) is 12.8 Å². The van der Waals surface area contributed by atoms with Crippen LogP contribution in [0.5, 0.6) is 0 Å². The predicted octanol–water partition coefficient (Wildman–Crippen LogP) is 4.50. The van der Waals surface area contributed by atoms with Crippen molar-refractivity contribution in [3.05, 3.63) is 64.9 Å². The van der Waals surface area contributed by atoms with E-state index in [0.717, 1.165) is 31.9 Å². The van der Waals surface area contributed by atoms with Gasteiger partial charge in [-0.1, -0.05) is 42.6 Å². The van der Waals surface area contributed by atoms with Gasteiger partial charge in [-0.15, -0.1) is 0 Å². The van der Waals surface area contributed by atoms with E-state index in [1.807, 2.05) is 0 Å². The van der Waals surface area contributed by atoms with Crippen molar-refractivity contribution in [3.63, 3.8) is 0 Å². The maximum absolute atomic E-state index is 14.4. The van der Waals surface area contributed by atoms with Gasteiger partial charge in [0.05, 0.1) is 11.9 Å². The van der Waals surface area contributed by atoms with Gasteiger partial charge in [-0.05, 0) is 56.5 Å². The molecule has 2 aromatic rings. The van der Waals surface area contributed by atoms with E-state index in [4.69, 9.17) is 11.6 Å². The molecule has 0 heterocycles. The summed E-state index contributed by atoms with van der Waals surface area (Å²) in [6.07, 6.45) is 5.25. The largest absolute Gasteiger partial charge is 0.352 e. The van der Waals surface area contributed by atoms with E-state index in [-0.39, 0.29) is 43.8 Å². The second-order valence-electron chi connectivity index (χ2n) is 9.19. The molecule has 0 spiro atoms. The monoisotopic (exact) mass is 537 g/mol. The molecule has 2 aromatic carbocycles. The number of sulfonamides is 1. The minimum Gasteiger partial charge on any atom is -0.352 e. The summed E-state index contributed by atoms with van der Waals surface area (Å²) in [7, 11) is -3.59. The Kier molecular flexibility index (Phi) is 9.73. The summed E-state index contributed by atoms with van der Waals surface area (Å²) in [6.45, 7) is 1.65. The number of hydrogen-bond donors (Lipinski definition) is 1. The summed E-state index contributed by atoms with van der Waals surface area (Å²) in [5.74, 6) is -1.08. The fourth-order valence-corrected chi connectivity index (χ4v) is 5.49. The summed E-state index contributed by atoms with van der Waals surface area (Å²) >= 11 is 5.92. The van der Waals surface area contributed by atoms with E-state index < -0.39 is 21.9 Å². The number of benzene rings is 2. The number of hydrogen-bond acceptors (Lipinski definition) is 4. The van der Waals surface area contributed by atoms with Crippen LogP contribution in [0, 0.1) is 5.82 Å². The normalized spacial score (nSPS) is 14.9. The summed E-state index contributed by atoms with van der Waals surface area (Å²) in [5.41, 5.74) is 0.757. The van der Waals surface area contributed by atoms with E-state index in [1.165, 1.54) is 15.3 Å². The van der Waals surface area contributed by atoms with Gasteiger partial charge < -0.3 is 10.2 Å². The van der Waals surface area contributed by atoms with Crippen LogP contribution in [0.3, 0.4) is 0 Å². The van der Waals surface area contributed by atoms with E-state index in [9.17, 15) is 22.4 Å². The third kappa shape index (κ3) is 7.67. The molecule has 1 aliphatic carbocycles. The number of carbonyl (C=O) groups is 2. The lowest BCUT2D eigenvalue weighted by atomic mass is 10.1. The molecule has 1 atom stereocenters. The number of nitrogens with zero attached hydrogens (tertiary/aromatic N) is 2. The number of rotatable bonds is 11. The van der Waals surface area contributed by atoms with Crippen molar-refractivity contribution in [2.45, 2.75) is 64.1 Å². The molecule has 196 valence electrons. The van der Waals surface area contributed by atoms with Gasteiger partial charge in [0.15, 0.2) is 0 Å². The number of halogens is 2. The quantitative estimate of drug-likeness (QED) is 0.457. The topological polar surface area (TPSA) is 86.8 Å². The predicted molar refractivity (Wildman–Crippen MR) is 140 cm³/mol. The number of amides is 2. The molecule has 2 amide bonds. The average molecular weight is 538 g/mol. The first kappa shape index (κ1) is 27.9. The van der Waals surface area contributed by atoms with Gasteiger partial charge in [0.1, 0.15) is 11.9 Å². The molecule has 1 N–H and O–H groups in total. The zero-order valence-electron chi connectivity index (χ0n) is 20.6. The zero-order valence-corrected chi connectivity index (χ0v) is 22.2. The smallest absolute Gasteiger partial charge is 0.242 e. The maximum atomic E-state index is 14.4. The van der Waals surface area contributed by atoms with Crippen molar-refractivity contribution in [1.29, 1.82) is 0 Å². The second-order valence-corrected chi connectivity index (χ2v) is 11.5. The fraction of sp³-hybridized carbons (Fsp3) is 0.462. The van der Waals surface area contributed by atoms with Crippen LogP contribution in [0.2, 0.25) is 5.02 Å². The van der Waals surface area contributed by atoms with Crippen LogP contribution in [-0.4, -0.2) is 50.0 Å². The molecule has 0 aromatic heterocycles. The molecule has 0 unspecified atom stereocenters. The fourth-order valence-electron chi connectivity index (χ4n) is 4.40. The first-order valence-corrected chi connectivity index (χ1v) is 14.4. The summed E-state index contributed by atoms with van der Waals surface area (Å²) < 4.78 is 40.3. The standard InChI is InChI=1S/C26H33ClFN3O4S/c1-19(26(33)29-22-9-4-5-10-22)30(18-20-8-3-6-11-24(20)28)25(32)12-7-17-31(36(2,34)35)23-15-13-21(27)14-16-23/h3,6,8,11,13-16,19,22H,4-5,7,9-10,12,17-18H2,1-2H3,(H,29,33)/t19-/m1/s1. The van der Waals surface area contributed by atoms with Crippen LogP contribution in [0.4, 0.5) is 10.1 Å². The maximum Gasteiger partial charge on any atom is 0.242 e. The first-order valence-electron chi connectivity index (χ1n) is 12.1. The van der Waals surface area contributed by atoms with Crippen LogP contribution in [0.15, 0.2) is 48.5 Å². The lowest BCUT2D eigenvalue weighted by Gasteiger charge is -2.30. The van der Waals surface area contributed by atoms with Crippen LogP contribution in [-0.2, 0) is 26.2 Å². The average Bonchev–Trinajstić information content (AvgIpc) is 3.34. The molecular formula is C26H33ClFN3O4S. The Hall–Kier alpha value is -2.65. The molecule has 36 heavy (non-hydrogen) atoms. The van der Waals surface area contributed by atoms with E-state index >= 15 is 0 Å². The molecule has 10 heteroatoms. The van der Waals surface area contributed by atoms with Crippen molar-refractivity contribution in [2.75, 3.05) is 17.1 Å². The molecule has 3 rings (SSSR count). The molecular weight excluding hydrogens is 505 g/mol. The van der Waals surface area contributed by atoms with Crippen LogP contribution in [0.25, 0.3) is 0 Å². The Morgan fingerprint density at radius 1 is 1.11 bits per heavy atom. The molecule has 1 aliphatic rings. The zero-order chi connectivity index (χ0) is 26.3. The minimum atomic E-state index is -3.59. The van der Waals surface area contributed by atoms with E-state index in [2.05, 4.69) is 5.32 Å². The van der Waals surface area contributed by atoms with Crippen LogP contribution in [0.1, 0.15) is 51.0 Å². The van der Waals surface area contributed by atoms with Crippen LogP contribution < -0.4 is 9.62 Å². The van der Waals surface area contributed by atoms with Crippen molar-refractivity contribution in [3.8, 4) is 0 Å². The highest BCUT2D eigenvalue weighted by molar-refractivity contribution is 7.92. The Balaban J connectivity index is 1.72. The SMILES string of the molecule is C[C@H](C(=O)NC1CCCC1)N(Cc1ccccc1F)C(=O)CCCN(c1ccc(Cl)cc1)S(C)(=O)=O. The van der Waals surface area contributed by atoms with Crippen molar-refractivity contribution < 1.29 is 22.4 Å². The summed E-state index contributed by atoms with van der Waals surface area (Å²) in [4.78, 5) is 27.6. The summed E-state index contributed by atoms with van der Waals surface area (Å²) in [6, 6.07) is 11.8. The Morgan fingerprint density at radius 2 is 1.75 bits per heavy atom. The molecule has 0 bridgehead atoms. The van der Waals surface area contributed by atoms with Gasteiger partial charge in [-0.3, -0.25) is 13.9 Å². The Labute approximate surface area is 217 Å². The number of carbonyl (C=O) groups excluding carboxylic acids is 2. The Bertz CT molecular complexity index is 1150. The van der Waals surface area contributed by atoms with Crippen molar-refractivity contribution in [2.24, 2.45) is 0 Å². The van der Waals surface area contributed by atoms with Gasteiger partial charge in [0.2, 0.25) is 21.8 Å². The lowest BCUT2D eigenvalue weighted by molar-refractivity contribution is -0.141. The summed E-state index contributed by atoms with van der Waals surface area (Å²) in [5, 5.41) is 3.49. The molecule has 0 saturated heterocycles. The third-order valence-electron chi connectivity index (χ3n) is 6.43. The number of nitrogens with one attached hydrogen (secondary N) is 1. The minimum absolute atomic E-state index is 0.00485. The molecule has 7 nitrogen and oxygen atoms in total. The van der Waals surface area contributed by atoms with Gasteiger partial charge in [-0.2, -0.15) is 0 Å². The van der Waals surface area contributed by atoms with E-state index in [0.29, 0.717) is 16.3 Å². The van der Waals surface area contributed by atoms with Crippen molar-refractivity contribution >= 4 is 39.1 Å². The highest BCUT2D eigenvalue weighted by atomic mass is 35.5. The van der Waals surface area contributed by atoms with Gasteiger partial charge in [0, 0.05) is 36.1 Å². The molecule has 1 saturated carbocycles. The molecule has 0 radical (unpaired) electrons. The van der Waals surface area contributed by atoms with Crippen molar-refractivity contribution in [1.82, 2.24) is 10.2 Å². The van der Waals surface area contributed by atoms with Crippen LogP contribution >= 0.6 is 11.6 Å². The first-order chi connectivity index (χ1) is 17.1. The van der Waals surface area contributed by atoms with Gasteiger partial charge in [0.25, 0.3) is 0 Å². The number of anilines is 1. The third-order valence-corrected chi connectivity index (χ3v) is 7.88. The molecule has 0 aliphatic heterocycles. The Morgan fingerprint density at radius 3 is 2.36 bits per heavy atom. The highest BCUT2D eigenvalue weighted by Gasteiger charge is 2.29. The van der Waals surface area contributed by atoms with E-state index in [1.54, 1.807) is 49.4 Å². The molecule has 1 fully saturated rings.